The van der Waals surface area contributed by atoms with E-state index in [1.807, 2.05) is 37.4 Å². The number of nitrogens with one attached hydrogen (secondary N) is 1. The number of hydrogen-bond donors (Lipinski definition) is 1. The fraction of sp³-hybridized carbons (Fsp3) is 0.294. The molecule has 1 N–H and O–H groups in total. The molecule has 2 aromatic carbocycles. The van der Waals surface area contributed by atoms with Crippen molar-refractivity contribution in [3.8, 4) is 11.5 Å². The van der Waals surface area contributed by atoms with Crippen molar-refractivity contribution in [3.63, 3.8) is 0 Å². The monoisotopic (exact) mass is 269 g/mol. The minimum atomic E-state index is 0.152. The number of hydrogen-bond acceptors (Lipinski definition) is 3. The van der Waals surface area contributed by atoms with Crippen LogP contribution in [0.1, 0.15) is 24.1 Å². The molecule has 0 saturated heterocycles. The minimum Gasteiger partial charge on any atom is -0.489 e. The summed E-state index contributed by atoms with van der Waals surface area (Å²) in [6, 6.07) is 16.4. The maximum absolute atomic E-state index is 5.86. The number of ether oxygens (including phenoxy) is 2. The van der Waals surface area contributed by atoms with Crippen molar-refractivity contribution in [2.45, 2.75) is 25.7 Å². The van der Waals surface area contributed by atoms with E-state index >= 15 is 0 Å². The predicted molar refractivity (Wildman–Crippen MR) is 79.1 cm³/mol. The molecule has 0 aromatic heterocycles. The lowest BCUT2D eigenvalue weighted by atomic mass is 10.0. The van der Waals surface area contributed by atoms with E-state index in [0.29, 0.717) is 6.61 Å². The fourth-order valence-electron chi connectivity index (χ4n) is 2.62. The number of rotatable bonds is 4. The summed E-state index contributed by atoms with van der Waals surface area (Å²) >= 11 is 0. The standard InChI is InChI=1S/C17H19NO2/c1-12-17(18-2)15-10-14(8-9-16(15)20-12)19-11-13-6-4-3-5-7-13/h3-10,12,17-18H,11H2,1-2H3. The summed E-state index contributed by atoms with van der Waals surface area (Å²) in [4.78, 5) is 0. The SMILES string of the molecule is CNC1c2cc(OCc3ccccc3)ccc2OC1C. The molecule has 3 nitrogen and oxygen atoms in total. The normalized spacial score (nSPS) is 20.3. The Labute approximate surface area is 119 Å². The largest absolute Gasteiger partial charge is 0.489 e. The molecular formula is C17H19NO2. The van der Waals surface area contributed by atoms with Gasteiger partial charge in [0.1, 0.15) is 24.2 Å². The first kappa shape index (κ1) is 13.0. The van der Waals surface area contributed by atoms with Gasteiger partial charge in [0.15, 0.2) is 0 Å². The van der Waals surface area contributed by atoms with Gasteiger partial charge in [0.05, 0.1) is 6.04 Å². The molecule has 2 atom stereocenters. The summed E-state index contributed by atoms with van der Waals surface area (Å²) in [5, 5.41) is 3.29. The Hall–Kier alpha value is -2.00. The molecule has 0 bridgehead atoms. The summed E-state index contributed by atoms with van der Waals surface area (Å²) in [6.07, 6.45) is 0.152. The van der Waals surface area contributed by atoms with Gasteiger partial charge in [0, 0.05) is 5.56 Å². The first-order chi connectivity index (χ1) is 9.78. The molecule has 3 rings (SSSR count). The quantitative estimate of drug-likeness (QED) is 0.923. The van der Waals surface area contributed by atoms with Crippen LogP contribution < -0.4 is 14.8 Å². The van der Waals surface area contributed by atoms with Gasteiger partial charge in [-0.25, -0.2) is 0 Å². The molecular weight excluding hydrogens is 250 g/mol. The van der Waals surface area contributed by atoms with Crippen molar-refractivity contribution < 1.29 is 9.47 Å². The van der Waals surface area contributed by atoms with Gasteiger partial charge < -0.3 is 14.8 Å². The topological polar surface area (TPSA) is 30.5 Å². The zero-order valence-electron chi connectivity index (χ0n) is 11.8. The van der Waals surface area contributed by atoms with Gasteiger partial charge in [-0.3, -0.25) is 0 Å². The van der Waals surface area contributed by atoms with E-state index in [4.69, 9.17) is 9.47 Å². The molecule has 0 saturated carbocycles. The molecule has 0 spiro atoms. The molecule has 0 amide bonds. The van der Waals surface area contributed by atoms with Crippen LogP contribution >= 0.6 is 0 Å². The first-order valence-electron chi connectivity index (χ1n) is 6.92. The van der Waals surface area contributed by atoms with Crippen LogP contribution in [0.5, 0.6) is 11.5 Å². The van der Waals surface area contributed by atoms with Gasteiger partial charge in [-0.1, -0.05) is 30.3 Å². The lowest BCUT2D eigenvalue weighted by Crippen LogP contribution is -2.25. The third kappa shape index (κ3) is 2.49. The van der Waals surface area contributed by atoms with Gasteiger partial charge in [0.25, 0.3) is 0 Å². The Kier molecular flexibility index (Phi) is 3.61. The zero-order valence-corrected chi connectivity index (χ0v) is 11.8. The summed E-state index contributed by atoms with van der Waals surface area (Å²) in [6.45, 7) is 2.66. The van der Waals surface area contributed by atoms with Crippen LogP contribution in [-0.2, 0) is 6.61 Å². The second kappa shape index (κ2) is 5.55. The predicted octanol–water partition coefficient (Wildman–Crippen LogP) is 3.31. The Morgan fingerprint density at radius 2 is 1.95 bits per heavy atom. The van der Waals surface area contributed by atoms with E-state index in [9.17, 15) is 0 Å². The first-order valence-corrected chi connectivity index (χ1v) is 6.92. The lowest BCUT2D eigenvalue weighted by molar-refractivity contribution is 0.214. The van der Waals surface area contributed by atoms with Crippen molar-refractivity contribution in [1.29, 1.82) is 0 Å². The Morgan fingerprint density at radius 3 is 2.70 bits per heavy atom. The summed E-state index contributed by atoms with van der Waals surface area (Å²) < 4.78 is 11.7. The maximum atomic E-state index is 5.86. The van der Waals surface area contributed by atoms with Gasteiger partial charge in [0.2, 0.25) is 0 Å². The van der Waals surface area contributed by atoms with Crippen LogP contribution in [0.3, 0.4) is 0 Å². The van der Waals surface area contributed by atoms with E-state index in [1.165, 1.54) is 11.1 Å². The molecule has 1 aliphatic rings. The molecule has 104 valence electrons. The van der Waals surface area contributed by atoms with Crippen molar-refractivity contribution in [1.82, 2.24) is 5.32 Å². The third-order valence-corrected chi connectivity index (χ3v) is 3.66. The lowest BCUT2D eigenvalue weighted by Gasteiger charge is -2.13. The van der Waals surface area contributed by atoms with E-state index in [-0.39, 0.29) is 12.1 Å². The highest BCUT2D eigenvalue weighted by Crippen LogP contribution is 2.38. The number of fused-ring (bicyclic) bond motifs is 1. The highest BCUT2D eigenvalue weighted by Gasteiger charge is 2.30. The smallest absolute Gasteiger partial charge is 0.125 e. The molecule has 0 aliphatic carbocycles. The molecule has 1 heterocycles. The summed E-state index contributed by atoms with van der Waals surface area (Å²) in [5.41, 5.74) is 2.34. The van der Waals surface area contributed by atoms with Crippen LogP contribution in [0, 0.1) is 0 Å². The van der Waals surface area contributed by atoms with Crippen LogP contribution in [0.15, 0.2) is 48.5 Å². The molecule has 2 unspecified atom stereocenters. The van der Waals surface area contributed by atoms with Crippen LogP contribution in [0.25, 0.3) is 0 Å². The van der Waals surface area contributed by atoms with Crippen LogP contribution in [0.2, 0.25) is 0 Å². The van der Waals surface area contributed by atoms with Gasteiger partial charge in [-0.15, -0.1) is 0 Å². The second-order valence-corrected chi connectivity index (χ2v) is 5.06. The third-order valence-electron chi connectivity index (χ3n) is 3.66. The van der Waals surface area contributed by atoms with Crippen molar-refractivity contribution in [2.75, 3.05) is 7.05 Å². The zero-order chi connectivity index (χ0) is 13.9. The maximum Gasteiger partial charge on any atom is 0.125 e. The van der Waals surface area contributed by atoms with E-state index in [0.717, 1.165) is 11.5 Å². The Balaban J connectivity index is 1.75. The average Bonchev–Trinajstić information content (AvgIpc) is 2.80. The summed E-state index contributed by atoms with van der Waals surface area (Å²) in [5.74, 6) is 1.83. The van der Waals surface area contributed by atoms with Gasteiger partial charge >= 0.3 is 0 Å². The fourth-order valence-corrected chi connectivity index (χ4v) is 2.62. The molecule has 20 heavy (non-hydrogen) atoms. The summed E-state index contributed by atoms with van der Waals surface area (Å²) in [7, 11) is 1.96. The van der Waals surface area contributed by atoms with E-state index in [2.05, 4.69) is 30.4 Å². The minimum absolute atomic E-state index is 0.152. The van der Waals surface area contributed by atoms with E-state index in [1.54, 1.807) is 0 Å². The molecule has 1 aliphatic heterocycles. The molecule has 2 aromatic rings. The Bertz CT molecular complexity index is 583. The van der Waals surface area contributed by atoms with Crippen molar-refractivity contribution in [3.05, 3.63) is 59.7 Å². The van der Waals surface area contributed by atoms with Gasteiger partial charge in [-0.05, 0) is 37.7 Å². The Morgan fingerprint density at radius 1 is 1.15 bits per heavy atom. The van der Waals surface area contributed by atoms with Crippen LogP contribution in [0.4, 0.5) is 0 Å². The van der Waals surface area contributed by atoms with Crippen molar-refractivity contribution >= 4 is 0 Å². The van der Waals surface area contributed by atoms with Crippen LogP contribution in [-0.4, -0.2) is 13.2 Å². The highest BCUT2D eigenvalue weighted by atomic mass is 16.5. The highest BCUT2D eigenvalue weighted by molar-refractivity contribution is 5.45. The second-order valence-electron chi connectivity index (χ2n) is 5.06. The molecule has 3 heteroatoms. The van der Waals surface area contributed by atoms with Crippen molar-refractivity contribution in [2.24, 2.45) is 0 Å². The van der Waals surface area contributed by atoms with Gasteiger partial charge in [-0.2, -0.15) is 0 Å². The van der Waals surface area contributed by atoms with E-state index < -0.39 is 0 Å². The average molecular weight is 269 g/mol. The molecule has 0 fully saturated rings. The molecule has 0 radical (unpaired) electrons. The number of benzene rings is 2. The number of likely N-dealkylation sites (N-methyl/N-ethyl adjacent to an activating group) is 1.